The van der Waals surface area contributed by atoms with Crippen molar-refractivity contribution in [2.45, 2.75) is 19.9 Å². The van der Waals surface area contributed by atoms with E-state index in [-0.39, 0.29) is 5.75 Å². The van der Waals surface area contributed by atoms with E-state index in [2.05, 4.69) is 11.9 Å². The summed E-state index contributed by atoms with van der Waals surface area (Å²) >= 11 is 5.91. The van der Waals surface area contributed by atoms with E-state index < -0.39 is 0 Å². The molecule has 0 aliphatic carbocycles. The molecule has 0 amide bonds. The standard InChI is InChI=1S/C12H13ClN2O/c1-2-6-15-7-5-14-12(15)10-8-9(13)3-4-11(10)16/h3-5,7-8,16H,2,6H2,1H3. The van der Waals surface area contributed by atoms with Crippen LogP contribution in [0, 0.1) is 0 Å². The predicted octanol–water partition coefficient (Wildman–Crippen LogP) is 3.32. The van der Waals surface area contributed by atoms with E-state index in [1.807, 2.05) is 10.8 Å². The Hall–Kier alpha value is -1.48. The van der Waals surface area contributed by atoms with Gasteiger partial charge in [-0.2, -0.15) is 0 Å². The molecule has 2 rings (SSSR count). The van der Waals surface area contributed by atoms with Gasteiger partial charge in [0, 0.05) is 24.0 Å². The number of aromatic nitrogens is 2. The highest BCUT2D eigenvalue weighted by atomic mass is 35.5. The lowest BCUT2D eigenvalue weighted by Gasteiger charge is -2.08. The molecule has 0 aliphatic heterocycles. The van der Waals surface area contributed by atoms with Gasteiger partial charge in [0.25, 0.3) is 0 Å². The number of aromatic hydroxyl groups is 1. The van der Waals surface area contributed by atoms with E-state index in [1.54, 1.807) is 24.4 Å². The molecule has 0 atom stereocenters. The molecule has 1 heterocycles. The molecule has 0 saturated carbocycles. The summed E-state index contributed by atoms with van der Waals surface area (Å²) in [5.74, 6) is 0.954. The van der Waals surface area contributed by atoms with E-state index in [4.69, 9.17) is 11.6 Å². The second kappa shape index (κ2) is 4.58. The maximum absolute atomic E-state index is 9.79. The Morgan fingerprint density at radius 2 is 2.25 bits per heavy atom. The summed E-state index contributed by atoms with van der Waals surface area (Å²) < 4.78 is 2.01. The highest BCUT2D eigenvalue weighted by Crippen LogP contribution is 2.30. The third-order valence-corrected chi connectivity index (χ3v) is 2.61. The molecule has 1 N–H and O–H groups in total. The lowest BCUT2D eigenvalue weighted by Crippen LogP contribution is -1.98. The average molecular weight is 237 g/mol. The maximum Gasteiger partial charge on any atom is 0.143 e. The van der Waals surface area contributed by atoms with Crippen molar-refractivity contribution in [3.05, 3.63) is 35.6 Å². The fraction of sp³-hybridized carbons (Fsp3) is 0.250. The fourth-order valence-corrected chi connectivity index (χ4v) is 1.83. The smallest absolute Gasteiger partial charge is 0.143 e. The first kappa shape index (κ1) is 11.0. The van der Waals surface area contributed by atoms with E-state index in [9.17, 15) is 5.11 Å². The van der Waals surface area contributed by atoms with E-state index >= 15 is 0 Å². The molecule has 4 heteroatoms. The van der Waals surface area contributed by atoms with Gasteiger partial charge in [-0.05, 0) is 24.6 Å². The summed E-state index contributed by atoms with van der Waals surface area (Å²) in [6, 6.07) is 4.97. The molecule has 0 bridgehead atoms. The number of phenols is 1. The summed E-state index contributed by atoms with van der Waals surface area (Å²) in [6.07, 6.45) is 4.65. The van der Waals surface area contributed by atoms with E-state index in [0.29, 0.717) is 10.6 Å². The number of halogens is 1. The number of benzene rings is 1. The molecule has 1 aromatic carbocycles. The monoisotopic (exact) mass is 236 g/mol. The molecule has 1 aromatic heterocycles. The van der Waals surface area contributed by atoms with Crippen molar-refractivity contribution in [3.8, 4) is 17.1 Å². The van der Waals surface area contributed by atoms with Crippen LogP contribution in [-0.4, -0.2) is 14.7 Å². The summed E-state index contributed by atoms with van der Waals surface area (Å²) in [5, 5.41) is 10.4. The zero-order chi connectivity index (χ0) is 11.5. The minimum atomic E-state index is 0.202. The van der Waals surface area contributed by atoms with Crippen LogP contribution in [0.3, 0.4) is 0 Å². The van der Waals surface area contributed by atoms with Crippen molar-refractivity contribution in [3.63, 3.8) is 0 Å². The van der Waals surface area contributed by atoms with Crippen LogP contribution in [0.15, 0.2) is 30.6 Å². The topological polar surface area (TPSA) is 38.0 Å². The molecule has 0 radical (unpaired) electrons. The Morgan fingerprint density at radius 1 is 1.44 bits per heavy atom. The number of rotatable bonds is 3. The first-order chi connectivity index (χ1) is 7.72. The molecular formula is C12H13ClN2O. The van der Waals surface area contributed by atoms with Crippen LogP contribution < -0.4 is 0 Å². The molecule has 16 heavy (non-hydrogen) atoms. The van der Waals surface area contributed by atoms with Gasteiger partial charge in [-0.25, -0.2) is 4.98 Å². The SMILES string of the molecule is CCCn1ccnc1-c1cc(Cl)ccc1O. The Kier molecular flexibility index (Phi) is 3.15. The van der Waals surface area contributed by atoms with Gasteiger partial charge in [-0.15, -0.1) is 0 Å². The summed E-state index contributed by atoms with van der Waals surface area (Å²) in [4.78, 5) is 4.25. The van der Waals surface area contributed by atoms with Gasteiger partial charge < -0.3 is 9.67 Å². The zero-order valence-corrected chi connectivity index (χ0v) is 9.78. The molecule has 0 unspecified atom stereocenters. The van der Waals surface area contributed by atoms with Gasteiger partial charge in [0.1, 0.15) is 11.6 Å². The van der Waals surface area contributed by atoms with Crippen molar-refractivity contribution in [1.82, 2.24) is 9.55 Å². The minimum Gasteiger partial charge on any atom is -0.507 e. The number of imidazole rings is 1. The molecular weight excluding hydrogens is 224 g/mol. The Bertz CT molecular complexity index is 494. The van der Waals surface area contributed by atoms with E-state index in [1.165, 1.54) is 0 Å². The number of phenolic OH excluding ortho intramolecular Hbond substituents is 1. The van der Waals surface area contributed by atoms with Crippen LogP contribution in [-0.2, 0) is 6.54 Å². The number of aryl methyl sites for hydroxylation is 1. The van der Waals surface area contributed by atoms with Crippen molar-refractivity contribution < 1.29 is 5.11 Å². The number of nitrogens with zero attached hydrogens (tertiary/aromatic N) is 2. The van der Waals surface area contributed by atoms with Crippen LogP contribution in [0.25, 0.3) is 11.4 Å². The normalized spacial score (nSPS) is 10.6. The summed E-state index contributed by atoms with van der Waals surface area (Å²) in [7, 11) is 0. The molecule has 2 aromatic rings. The van der Waals surface area contributed by atoms with Gasteiger partial charge >= 0.3 is 0 Å². The van der Waals surface area contributed by atoms with E-state index in [0.717, 1.165) is 18.8 Å². The third kappa shape index (κ3) is 2.04. The maximum atomic E-state index is 9.79. The molecule has 0 saturated heterocycles. The Labute approximate surface area is 99.3 Å². The predicted molar refractivity (Wildman–Crippen MR) is 64.6 cm³/mol. The Morgan fingerprint density at radius 3 is 3.00 bits per heavy atom. The highest BCUT2D eigenvalue weighted by Gasteiger charge is 2.10. The van der Waals surface area contributed by atoms with Crippen molar-refractivity contribution >= 4 is 11.6 Å². The van der Waals surface area contributed by atoms with Crippen LogP contribution >= 0.6 is 11.6 Å². The number of hydrogen-bond donors (Lipinski definition) is 1. The third-order valence-electron chi connectivity index (χ3n) is 2.38. The van der Waals surface area contributed by atoms with Crippen LogP contribution in [0.2, 0.25) is 5.02 Å². The van der Waals surface area contributed by atoms with Crippen LogP contribution in [0.4, 0.5) is 0 Å². The fourth-order valence-electron chi connectivity index (χ4n) is 1.66. The highest BCUT2D eigenvalue weighted by molar-refractivity contribution is 6.30. The van der Waals surface area contributed by atoms with Gasteiger partial charge in [-0.3, -0.25) is 0 Å². The zero-order valence-electron chi connectivity index (χ0n) is 9.02. The van der Waals surface area contributed by atoms with Crippen LogP contribution in [0.1, 0.15) is 13.3 Å². The van der Waals surface area contributed by atoms with Gasteiger partial charge in [0.15, 0.2) is 0 Å². The first-order valence-electron chi connectivity index (χ1n) is 5.22. The molecule has 0 aliphatic rings. The quantitative estimate of drug-likeness (QED) is 0.888. The second-order valence-electron chi connectivity index (χ2n) is 3.61. The first-order valence-corrected chi connectivity index (χ1v) is 5.60. The van der Waals surface area contributed by atoms with Crippen molar-refractivity contribution in [1.29, 1.82) is 0 Å². The molecule has 84 valence electrons. The number of hydrogen-bond acceptors (Lipinski definition) is 2. The lowest BCUT2D eigenvalue weighted by atomic mass is 10.2. The average Bonchev–Trinajstić information content (AvgIpc) is 2.70. The molecule has 0 spiro atoms. The van der Waals surface area contributed by atoms with Crippen molar-refractivity contribution in [2.75, 3.05) is 0 Å². The Balaban J connectivity index is 2.49. The van der Waals surface area contributed by atoms with Gasteiger partial charge in [0.2, 0.25) is 0 Å². The summed E-state index contributed by atoms with van der Waals surface area (Å²) in [6.45, 7) is 2.98. The van der Waals surface area contributed by atoms with Gasteiger partial charge in [0.05, 0.1) is 5.56 Å². The molecule has 3 nitrogen and oxygen atoms in total. The lowest BCUT2D eigenvalue weighted by molar-refractivity contribution is 0.476. The van der Waals surface area contributed by atoms with Crippen molar-refractivity contribution in [2.24, 2.45) is 0 Å². The second-order valence-corrected chi connectivity index (χ2v) is 4.04. The largest absolute Gasteiger partial charge is 0.507 e. The molecule has 0 fully saturated rings. The van der Waals surface area contributed by atoms with Crippen LogP contribution in [0.5, 0.6) is 5.75 Å². The summed E-state index contributed by atoms with van der Waals surface area (Å²) in [5.41, 5.74) is 0.672. The van der Waals surface area contributed by atoms with Gasteiger partial charge in [-0.1, -0.05) is 18.5 Å². The minimum absolute atomic E-state index is 0.202.